The molecule has 2 heterocycles. The van der Waals surface area contributed by atoms with Gasteiger partial charge in [0.1, 0.15) is 17.7 Å². The Morgan fingerprint density at radius 3 is 2.26 bits per heavy atom. The van der Waals surface area contributed by atoms with Crippen molar-refractivity contribution in [1.29, 1.82) is 0 Å². The van der Waals surface area contributed by atoms with Crippen molar-refractivity contribution in [3.8, 4) is 11.1 Å². The van der Waals surface area contributed by atoms with E-state index in [1.165, 1.54) is 24.7 Å². The second kappa shape index (κ2) is 10.0. The molecule has 0 spiro atoms. The number of fused-ring (bicyclic) bond motifs is 1. The maximum Gasteiger partial charge on any atom is 0.408 e. The van der Waals surface area contributed by atoms with Gasteiger partial charge in [0.05, 0.1) is 22.2 Å². The van der Waals surface area contributed by atoms with Crippen LogP contribution in [0.2, 0.25) is 0 Å². The number of alkyl carbamates (subject to hydrolysis) is 1. The Morgan fingerprint density at radius 2 is 1.67 bits per heavy atom. The largest absolute Gasteiger partial charge is 0.481 e. The van der Waals surface area contributed by atoms with Crippen molar-refractivity contribution >= 4 is 38.9 Å². The molecule has 4 rings (SSSR count). The van der Waals surface area contributed by atoms with Gasteiger partial charge in [-0.05, 0) is 51.0 Å². The van der Waals surface area contributed by atoms with E-state index in [0.29, 0.717) is 22.1 Å². The predicted molar refractivity (Wildman–Crippen MR) is 145 cm³/mol. The number of rotatable bonds is 7. The number of benzene rings is 2. The van der Waals surface area contributed by atoms with Gasteiger partial charge in [0.15, 0.2) is 5.65 Å². The van der Waals surface area contributed by atoms with Crippen LogP contribution in [0.3, 0.4) is 0 Å². The molecule has 1 amide bonds. The van der Waals surface area contributed by atoms with Gasteiger partial charge in [0.2, 0.25) is 0 Å². The van der Waals surface area contributed by atoms with Crippen LogP contribution in [-0.2, 0) is 25.1 Å². The quantitative estimate of drug-likeness (QED) is 0.306. The molecule has 0 unspecified atom stereocenters. The number of nitrogens with two attached hydrogens (primary N) is 1. The lowest BCUT2D eigenvalue weighted by atomic mass is 9.87. The van der Waals surface area contributed by atoms with Gasteiger partial charge in [0, 0.05) is 11.8 Å². The summed E-state index contributed by atoms with van der Waals surface area (Å²) in [5, 5.41) is 12.6. The van der Waals surface area contributed by atoms with Crippen LogP contribution in [0, 0.1) is 0 Å². The van der Waals surface area contributed by atoms with Gasteiger partial charge in [-0.3, -0.25) is 4.79 Å². The minimum absolute atomic E-state index is 0.0821. The number of carboxylic acids is 1. The summed E-state index contributed by atoms with van der Waals surface area (Å²) in [6.07, 6.45) is 1.47. The highest BCUT2D eigenvalue weighted by molar-refractivity contribution is 7.90. The van der Waals surface area contributed by atoms with Crippen molar-refractivity contribution in [2.24, 2.45) is 0 Å². The number of hydrogen-bond acceptors (Lipinski definition) is 8. The van der Waals surface area contributed by atoms with Gasteiger partial charge >= 0.3 is 12.1 Å². The van der Waals surface area contributed by atoms with Gasteiger partial charge in [-0.15, -0.1) is 0 Å². The van der Waals surface area contributed by atoms with Crippen molar-refractivity contribution in [3.63, 3.8) is 0 Å². The van der Waals surface area contributed by atoms with Crippen LogP contribution < -0.4 is 11.1 Å². The number of hydrogen-bond donors (Lipinski definition) is 3. The Kier molecular flexibility index (Phi) is 7.09. The smallest absolute Gasteiger partial charge is 0.408 e. The molecule has 39 heavy (non-hydrogen) atoms. The molecule has 2 aromatic heterocycles. The van der Waals surface area contributed by atoms with E-state index >= 15 is 0 Å². The Balaban J connectivity index is 1.79. The molecule has 0 aliphatic heterocycles. The topological polar surface area (TPSA) is 166 Å². The summed E-state index contributed by atoms with van der Waals surface area (Å²) < 4.78 is 33.3. The highest BCUT2D eigenvalue weighted by Crippen LogP contribution is 2.36. The molecule has 0 aliphatic carbocycles. The first-order valence-electron chi connectivity index (χ1n) is 12.0. The summed E-state index contributed by atoms with van der Waals surface area (Å²) in [6.45, 7) is 6.71. The summed E-state index contributed by atoms with van der Waals surface area (Å²) >= 11 is 0. The van der Waals surface area contributed by atoms with Crippen molar-refractivity contribution < 1.29 is 27.9 Å². The lowest BCUT2D eigenvalue weighted by Gasteiger charge is -2.31. The number of ether oxygens (including phenoxy) is 1. The average molecular weight is 552 g/mol. The Hall–Kier alpha value is -4.45. The molecule has 11 nitrogen and oxygen atoms in total. The van der Waals surface area contributed by atoms with Gasteiger partial charge < -0.3 is 20.9 Å². The Bertz CT molecular complexity index is 1640. The van der Waals surface area contributed by atoms with Crippen LogP contribution in [0.25, 0.3) is 22.2 Å². The first-order valence-corrected chi connectivity index (χ1v) is 13.4. The third kappa shape index (κ3) is 5.70. The molecule has 204 valence electrons. The highest BCUT2D eigenvalue weighted by Gasteiger charge is 2.33. The molecule has 0 bridgehead atoms. The first kappa shape index (κ1) is 27.6. The fourth-order valence-corrected chi connectivity index (χ4v) is 5.57. The Morgan fingerprint density at radius 1 is 1.03 bits per heavy atom. The van der Waals surface area contributed by atoms with E-state index in [9.17, 15) is 23.1 Å². The predicted octanol–water partition coefficient (Wildman–Crippen LogP) is 4.13. The van der Waals surface area contributed by atoms with E-state index in [1.54, 1.807) is 70.2 Å². The van der Waals surface area contributed by atoms with Crippen LogP contribution in [0.1, 0.15) is 39.7 Å². The van der Waals surface area contributed by atoms with Crippen molar-refractivity contribution in [3.05, 3.63) is 72.7 Å². The zero-order valence-corrected chi connectivity index (χ0v) is 22.7. The van der Waals surface area contributed by atoms with Crippen molar-refractivity contribution in [2.75, 3.05) is 5.73 Å². The third-order valence-corrected chi connectivity index (χ3v) is 7.66. The fraction of sp³-hybridized carbons (Fsp3) is 0.259. The molecule has 4 N–H and O–H groups in total. The number of carbonyl (C=O) groups excluding carboxylic acids is 1. The maximum absolute atomic E-state index is 13.4. The van der Waals surface area contributed by atoms with E-state index < -0.39 is 39.6 Å². The van der Waals surface area contributed by atoms with E-state index in [-0.39, 0.29) is 16.4 Å². The highest BCUT2D eigenvalue weighted by atomic mass is 32.2. The summed E-state index contributed by atoms with van der Waals surface area (Å²) in [4.78, 5) is 32.5. The second-order valence-corrected chi connectivity index (χ2v) is 12.0. The minimum atomic E-state index is -4.00. The Labute approximate surface area is 225 Å². The number of aromatic nitrogens is 3. The lowest BCUT2D eigenvalue weighted by Crippen LogP contribution is -2.47. The van der Waals surface area contributed by atoms with Gasteiger partial charge in [-0.25, -0.2) is 27.2 Å². The number of carboxylic acid groups (broad SMARTS) is 1. The molecule has 4 aromatic rings. The molecule has 1 atom stereocenters. The number of anilines is 1. The number of amides is 1. The van der Waals surface area contributed by atoms with Crippen molar-refractivity contribution in [1.82, 2.24) is 19.3 Å². The van der Waals surface area contributed by atoms with Crippen LogP contribution in [-0.4, -0.2) is 45.1 Å². The molecular formula is C27H29N5O6S. The molecule has 0 radical (unpaired) electrons. The maximum atomic E-state index is 13.4. The van der Waals surface area contributed by atoms with Crippen LogP contribution >= 0.6 is 0 Å². The fourth-order valence-electron chi connectivity index (χ4n) is 4.23. The lowest BCUT2D eigenvalue weighted by molar-refractivity contribution is -0.138. The van der Waals surface area contributed by atoms with E-state index in [1.807, 2.05) is 0 Å². The number of nitrogens with one attached hydrogen (secondary N) is 1. The van der Waals surface area contributed by atoms with Gasteiger partial charge in [0.25, 0.3) is 10.0 Å². The van der Waals surface area contributed by atoms with E-state index in [2.05, 4.69) is 15.3 Å². The van der Waals surface area contributed by atoms with Gasteiger partial charge in [-0.2, -0.15) is 0 Å². The van der Waals surface area contributed by atoms with Crippen LogP contribution in [0.4, 0.5) is 10.6 Å². The number of nitrogens with zero attached hydrogens (tertiary/aromatic N) is 3. The van der Waals surface area contributed by atoms with Gasteiger partial charge in [-0.1, -0.05) is 42.5 Å². The molecule has 0 saturated heterocycles. The number of carbonyl (C=O) groups is 2. The summed E-state index contributed by atoms with van der Waals surface area (Å²) in [5.41, 5.74) is 5.78. The molecule has 0 aliphatic rings. The summed E-state index contributed by atoms with van der Waals surface area (Å²) in [5.74, 6) is -1.01. The second-order valence-electron chi connectivity index (χ2n) is 10.2. The SMILES string of the molecule is CC(C)(C)OC(=O)N[C@](C)(CC(=O)O)c1ccc(-c2cn(S(=O)(=O)c3ccccc3)c3ncnc(N)c23)cc1. The molecule has 0 saturated carbocycles. The van der Waals surface area contributed by atoms with Crippen LogP contribution in [0.5, 0.6) is 0 Å². The monoisotopic (exact) mass is 551 g/mol. The minimum Gasteiger partial charge on any atom is -0.481 e. The first-order chi connectivity index (χ1) is 18.2. The van der Waals surface area contributed by atoms with Crippen molar-refractivity contribution in [2.45, 2.75) is 50.2 Å². The number of aliphatic carboxylic acids is 1. The molecule has 12 heteroatoms. The van der Waals surface area contributed by atoms with Crippen LogP contribution in [0.15, 0.2) is 72.0 Å². The standard InChI is InChI=1S/C27H29N5O6S/c1-26(2,3)38-25(35)31-27(4,14-21(33)34)18-12-10-17(11-13-18)20-15-32(24-22(20)23(28)29-16-30-24)39(36,37)19-8-6-5-7-9-19/h5-13,15-16H,14H2,1-4H3,(H,31,35)(H,33,34)(H2,28,29,30)/t27-/m1/s1. The normalized spacial score (nSPS) is 13.5. The average Bonchev–Trinajstić information content (AvgIpc) is 3.25. The molecule has 2 aromatic carbocycles. The van der Waals surface area contributed by atoms with E-state index in [4.69, 9.17) is 10.5 Å². The number of nitrogen functional groups attached to an aromatic ring is 1. The molecule has 0 fully saturated rings. The zero-order chi connectivity index (χ0) is 28.6. The summed E-state index contributed by atoms with van der Waals surface area (Å²) in [7, 11) is -4.00. The van der Waals surface area contributed by atoms with E-state index in [0.717, 1.165) is 3.97 Å². The summed E-state index contributed by atoms with van der Waals surface area (Å²) in [6, 6.07) is 14.6. The third-order valence-electron chi connectivity index (χ3n) is 6.00. The zero-order valence-electron chi connectivity index (χ0n) is 21.9. The molecular weight excluding hydrogens is 522 g/mol.